The second kappa shape index (κ2) is 26.6. The molecular formula is C104H120BN3. The lowest BCUT2D eigenvalue weighted by Gasteiger charge is -2.53. The SMILES string of the molecule is CC(C)(C)c1cc2c3c(c1)N(c1c(C4CCCCC4)cccc1C1CCCCC1)c1cc(-c4ccc(-n5c6ccc(C(C)(C)C)cc6c6cc(C(C)(C)C)ccc65)cc4)ccc1B3c1ccc(-n3c4ccc(C(C)(C)C)cc4c4cc(C(C)(C)C)ccc43)cc1C2C1(C2CCCCC2)C=CC=C1C1CCCCC1. The zero-order valence-corrected chi connectivity index (χ0v) is 68.3. The zero-order chi connectivity index (χ0) is 74.7. The van der Waals surface area contributed by atoms with Gasteiger partial charge in [0.05, 0.1) is 27.8 Å². The zero-order valence-electron chi connectivity index (χ0n) is 68.3. The molecule has 0 saturated heterocycles. The van der Waals surface area contributed by atoms with Gasteiger partial charge >= 0.3 is 0 Å². The molecule has 554 valence electrons. The second-order valence-electron chi connectivity index (χ2n) is 40.2. The highest BCUT2D eigenvalue weighted by atomic mass is 15.2. The summed E-state index contributed by atoms with van der Waals surface area (Å²) >= 11 is 0. The number of fused-ring (bicyclic) bond motifs is 10. The molecule has 9 aromatic carbocycles. The molecule has 4 fully saturated rings. The van der Waals surface area contributed by atoms with Crippen molar-refractivity contribution in [2.45, 2.75) is 277 Å². The summed E-state index contributed by atoms with van der Waals surface area (Å²) < 4.78 is 5.23. The molecule has 0 bridgehead atoms. The van der Waals surface area contributed by atoms with Crippen LogP contribution in [0, 0.1) is 17.3 Å². The van der Waals surface area contributed by atoms with Crippen LogP contribution in [0.2, 0.25) is 0 Å². The Morgan fingerprint density at radius 1 is 0.343 bits per heavy atom. The summed E-state index contributed by atoms with van der Waals surface area (Å²) in [5.41, 5.74) is 33.7. The van der Waals surface area contributed by atoms with Gasteiger partial charge in [0.15, 0.2) is 0 Å². The number of aromatic nitrogens is 2. The van der Waals surface area contributed by atoms with Gasteiger partial charge in [0.25, 0.3) is 0 Å². The van der Waals surface area contributed by atoms with Crippen molar-refractivity contribution in [3.63, 3.8) is 0 Å². The molecule has 0 spiro atoms. The van der Waals surface area contributed by atoms with Gasteiger partial charge in [0.1, 0.15) is 0 Å². The minimum absolute atomic E-state index is 0.00222. The number of allylic oxidation sites excluding steroid dienone is 4. The van der Waals surface area contributed by atoms with Crippen molar-refractivity contribution in [3.05, 3.63) is 238 Å². The van der Waals surface area contributed by atoms with Gasteiger partial charge in [-0.25, -0.2) is 0 Å². The van der Waals surface area contributed by atoms with E-state index in [0.29, 0.717) is 23.7 Å². The van der Waals surface area contributed by atoms with Gasteiger partial charge in [-0.3, -0.25) is 0 Å². The van der Waals surface area contributed by atoms with Crippen LogP contribution in [-0.2, 0) is 27.1 Å². The van der Waals surface area contributed by atoms with E-state index >= 15 is 0 Å². The van der Waals surface area contributed by atoms with Crippen molar-refractivity contribution in [1.82, 2.24) is 9.13 Å². The maximum absolute atomic E-state index is 3.00. The van der Waals surface area contributed by atoms with Crippen LogP contribution in [0.5, 0.6) is 0 Å². The fourth-order valence-corrected chi connectivity index (χ4v) is 22.2. The minimum atomic E-state index is -0.201. The van der Waals surface area contributed by atoms with Crippen LogP contribution in [0.15, 0.2) is 188 Å². The molecule has 5 aliphatic carbocycles. The summed E-state index contributed by atoms with van der Waals surface area (Å²) in [7, 11) is 0. The molecule has 3 nitrogen and oxygen atoms in total. The number of hydrogen-bond acceptors (Lipinski definition) is 1. The van der Waals surface area contributed by atoms with Gasteiger partial charge in [-0.15, -0.1) is 0 Å². The van der Waals surface area contributed by atoms with Crippen molar-refractivity contribution >= 4 is 83.8 Å². The first kappa shape index (κ1) is 71.5. The van der Waals surface area contributed by atoms with Crippen molar-refractivity contribution in [1.29, 1.82) is 0 Å². The van der Waals surface area contributed by atoms with Gasteiger partial charge in [-0.2, -0.15) is 0 Å². The molecule has 7 aliphatic rings. The van der Waals surface area contributed by atoms with E-state index in [-0.39, 0.29) is 45.1 Å². The topological polar surface area (TPSA) is 13.1 Å². The Labute approximate surface area is 648 Å². The standard InChI is InChI=1S/C104H120BN3/c1-99(2,3)72-44-53-90-81(59-72)82-60-73(100(4,5)6)45-54-91(82)106(90)77-48-41-66(42-49-77)70-43-51-89-94(58-70)108(98-79(67-30-20-16-21-31-67)38-28-39-80(98)68-32-22-17-23-33-68)95-64-76(103(13,14)15)63-86-96(104(71-36-26-19-27-37-71)57-29-40-87(104)69-34-24-18-25-35-69)85-65-78(50-52-88(85)105(89)97(86)95)107-92-55-46-74(101(7,8)9)61-83(92)84-62-75(102(10,11)12)47-56-93(84)107/h28-29,38-65,67-69,71,96H,16-27,30-37H2,1-15H3. The van der Waals surface area contributed by atoms with Crippen molar-refractivity contribution < 1.29 is 0 Å². The molecule has 4 heteroatoms. The predicted octanol–water partition coefficient (Wildman–Crippen LogP) is 27.5. The first-order chi connectivity index (χ1) is 51.7. The van der Waals surface area contributed by atoms with Gasteiger partial charge in [0, 0.05) is 55.6 Å². The van der Waals surface area contributed by atoms with Crippen LogP contribution < -0.4 is 21.3 Å². The van der Waals surface area contributed by atoms with Gasteiger partial charge in [0.2, 0.25) is 6.71 Å². The highest BCUT2D eigenvalue weighted by Gasteiger charge is 2.56. The summed E-state index contributed by atoms with van der Waals surface area (Å²) in [5, 5.41) is 5.36. The van der Waals surface area contributed by atoms with Crippen molar-refractivity contribution in [3.8, 4) is 22.5 Å². The van der Waals surface area contributed by atoms with Crippen molar-refractivity contribution in [2.75, 3.05) is 4.90 Å². The van der Waals surface area contributed by atoms with E-state index in [0.717, 1.165) is 0 Å². The van der Waals surface area contributed by atoms with E-state index in [4.69, 9.17) is 0 Å². The van der Waals surface area contributed by atoms with E-state index in [1.807, 2.05) is 0 Å². The minimum Gasteiger partial charge on any atom is -0.311 e. The Hall–Kier alpha value is -8.08. The molecular weight excluding hydrogens is 1300 g/mol. The average Bonchev–Trinajstić information content (AvgIpc) is 0.883. The Morgan fingerprint density at radius 2 is 0.769 bits per heavy atom. The molecule has 0 amide bonds. The molecule has 2 aliphatic heterocycles. The average molecular weight is 1420 g/mol. The maximum atomic E-state index is 3.00. The van der Waals surface area contributed by atoms with Gasteiger partial charge in [-0.1, -0.05) is 289 Å². The number of rotatable bonds is 9. The maximum Gasteiger partial charge on any atom is 0.247 e. The van der Waals surface area contributed by atoms with E-state index in [1.54, 1.807) is 33.3 Å². The largest absolute Gasteiger partial charge is 0.311 e. The lowest BCUT2D eigenvalue weighted by molar-refractivity contribution is 0.168. The lowest BCUT2D eigenvalue weighted by atomic mass is 9.29. The van der Waals surface area contributed by atoms with Gasteiger partial charge < -0.3 is 14.0 Å². The Balaban J connectivity index is 0.916. The molecule has 2 aromatic heterocycles. The number of hydrogen-bond donors (Lipinski definition) is 0. The smallest absolute Gasteiger partial charge is 0.247 e. The number of para-hydroxylation sites is 1. The van der Waals surface area contributed by atoms with Crippen LogP contribution in [0.1, 0.15) is 300 Å². The Morgan fingerprint density at radius 3 is 1.24 bits per heavy atom. The van der Waals surface area contributed by atoms with E-state index in [2.05, 4.69) is 300 Å². The molecule has 0 radical (unpaired) electrons. The normalized spacial score (nSPS) is 20.1. The van der Waals surface area contributed by atoms with Crippen LogP contribution in [0.25, 0.3) is 66.1 Å². The Kier molecular flexibility index (Phi) is 17.6. The van der Waals surface area contributed by atoms with Crippen LogP contribution in [0.4, 0.5) is 17.1 Å². The summed E-state index contributed by atoms with van der Waals surface area (Å²) in [5.74, 6) is 2.19. The molecule has 2 atom stereocenters. The van der Waals surface area contributed by atoms with Gasteiger partial charge in [-0.05, 0) is 259 Å². The fraction of sp³-hybridized carbons (Fsp3) is 0.442. The summed E-state index contributed by atoms with van der Waals surface area (Å²) in [6.07, 6.45) is 34.2. The quantitative estimate of drug-likeness (QED) is 0.131. The third kappa shape index (κ3) is 12.0. The highest BCUT2D eigenvalue weighted by Crippen LogP contribution is 2.63. The highest BCUT2D eigenvalue weighted by molar-refractivity contribution is 6.99. The lowest BCUT2D eigenvalue weighted by Crippen LogP contribution is -2.63. The van der Waals surface area contributed by atoms with Crippen molar-refractivity contribution in [2.24, 2.45) is 17.3 Å². The molecule has 18 rings (SSSR count). The monoisotopic (exact) mass is 1420 g/mol. The molecule has 4 heterocycles. The Bertz CT molecular complexity index is 5220. The molecule has 11 aromatic rings. The summed E-state index contributed by atoms with van der Waals surface area (Å²) in [6, 6.07) is 68.5. The second-order valence-corrected chi connectivity index (χ2v) is 40.2. The van der Waals surface area contributed by atoms with Crippen LogP contribution in [-0.4, -0.2) is 15.8 Å². The summed E-state index contributed by atoms with van der Waals surface area (Å²) in [6.45, 7) is 35.9. The summed E-state index contributed by atoms with van der Waals surface area (Å²) in [4.78, 5) is 3.00. The molecule has 2 unspecified atom stereocenters. The predicted molar refractivity (Wildman–Crippen MR) is 466 cm³/mol. The fourth-order valence-electron chi connectivity index (χ4n) is 22.2. The van der Waals surface area contributed by atoms with E-state index in [9.17, 15) is 0 Å². The number of benzene rings is 9. The van der Waals surface area contributed by atoms with Crippen LogP contribution >= 0.6 is 0 Å². The molecule has 4 saturated carbocycles. The number of anilines is 3. The van der Waals surface area contributed by atoms with Crippen LogP contribution in [0.3, 0.4) is 0 Å². The first-order valence-corrected chi connectivity index (χ1v) is 42.8. The molecule has 0 N–H and O–H groups in total. The number of nitrogens with zero attached hydrogens (tertiary/aromatic N) is 3. The third-order valence-corrected chi connectivity index (χ3v) is 28.2. The first-order valence-electron chi connectivity index (χ1n) is 42.8. The van der Waals surface area contributed by atoms with E-state index < -0.39 is 0 Å². The molecule has 108 heavy (non-hydrogen) atoms. The third-order valence-electron chi connectivity index (χ3n) is 28.2. The van der Waals surface area contributed by atoms with E-state index in [1.165, 1.54) is 250 Å².